The van der Waals surface area contributed by atoms with Gasteiger partial charge in [0.25, 0.3) is 5.91 Å². The van der Waals surface area contributed by atoms with E-state index in [4.69, 9.17) is 16.3 Å². The molecule has 0 aliphatic heterocycles. The number of carbonyl (C=O) groups is 1. The van der Waals surface area contributed by atoms with Gasteiger partial charge in [-0.05, 0) is 62.3 Å². The Bertz CT molecular complexity index is 1460. The second-order valence-electron chi connectivity index (χ2n) is 10.7. The van der Waals surface area contributed by atoms with Gasteiger partial charge in [-0.2, -0.15) is 0 Å². The molecule has 1 aliphatic carbocycles. The van der Waals surface area contributed by atoms with Gasteiger partial charge < -0.3 is 14.5 Å². The summed E-state index contributed by atoms with van der Waals surface area (Å²) in [6.07, 6.45) is 9.14. The molecule has 2 heterocycles. The number of carbonyl (C=O) groups excluding carboxylic acids is 1. The first-order valence-electron chi connectivity index (χ1n) is 14.1. The summed E-state index contributed by atoms with van der Waals surface area (Å²) in [5.41, 5.74) is 2.88. The van der Waals surface area contributed by atoms with Gasteiger partial charge in [-0.3, -0.25) is 4.79 Å². The van der Waals surface area contributed by atoms with Crippen molar-refractivity contribution in [3.8, 4) is 16.9 Å². The van der Waals surface area contributed by atoms with Gasteiger partial charge >= 0.3 is 0 Å². The molecule has 0 unspecified atom stereocenters. The zero-order valence-electron chi connectivity index (χ0n) is 23.7. The summed E-state index contributed by atoms with van der Waals surface area (Å²) in [5, 5.41) is 1.49. The molecule has 0 spiro atoms. The van der Waals surface area contributed by atoms with Crippen LogP contribution in [0.5, 0.6) is 5.75 Å². The highest BCUT2D eigenvalue weighted by Crippen LogP contribution is 2.39. The predicted molar refractivity (Wildman–Crippen MR) is 166 cm³/mol. The monoisotopic (exact) mass is 576 g/mol. The quantitative estimate of drug-likeness (QED) is 0.201. The molecule has 5 rings (SSSR count). The smallest absolute Gasteiger partial charge is 0.266 e. The van der Waals surface area contributed by atoms with Crippen LogP contribution in [0.2, 0.25) is 5.02 Å². The van der Waals surface area contributed by atoms with Crippen LogP contribution >= 0.6 is 22.9 Å². The Morgan fingerprint density at radius 2 is 1.75 bits per heavy atom. The normalized spacial score (nSPS) is 17.1. The van der Waals surface area contributed by atoms with E-state index in [1.165, 1.54) is 17.8 Å². The van der Waals surface area contributed by atoms with Gasteiger partial charge in [0.2, 0.25) is 5.95 Å². The van der Waals surface area contributed by atoms with Crippen LogP contribution in [0.25, 0.3) is 21.2 Å². The molecule has 0 bridgehead atoms. The maximum Gasteiger partial charge on any atom is 0.266 e. The third-order valence-electron chi connectivity index (χ3n) is 7.90. The third kappa shape index (κ3) is 5.96. The lowest BCUT2D eigenvalue weighted by Gasteiger charge is -2.37. The number of ether oxygens (including phenoxy) is 1. The van der Waals surface area contributed by atoms with Gasteiger partial charge in [0.05, 0.1) is 11.6 Å². The average Bonchev–Trinajstić information content (AvgIpc) is 3.33. The largest absolute Gasteiger partial charge is 0.494 e. The van der Waals surface area contributed by atoms with Crippen LogP contribution < -0.4 is 9.64 Å². The number of amides is 1. The molecule has 0 N–H and O–H groups in total. The van der Waals surface area contributed by atoms with E-state index < -0.39 is 0 Å². The van der Waals surface area contributed by atoms with E-state index in [0.717, 1.165) is 64.1 Å². The van der Waals surface area contributed by atoms with E-state index in [1.807, 2.05) is 74.7 Å². The molecule has 0 atom stereocenters. The number of benzene rings is 2. The molecule has 1 fully saturated rings. The zero-order valence-corrected chi connectivity index (χ0v) is 25.3. The van der Waals surface area contributed by atoms with Gasteiger partial charge in [-0.1, -0.05) is 49.2 Å². The highest BCUT2D eigenvalue weighted by atomic mass is 35.5. The number of fused-ring (bicyclic) bond motifs is 1. The summed E-state index contributed by atoms with van der Waals surface area (Å²) in [6.45, 7) is 5.24. The van der Waals surface area contributed by atoms with Gasteiger partial charge in [0.15, 0.2) is 0 Å². The standard InChI is InChI=1S/C32H37ClN4O2S/c1-5-21-11-14-25(15-12-21)37(31(38)30-29(33)26-9-7-8-10-28(26)40-30)20-23-17-22(13-16-27(23)39-6-2)24-18-34-32(35-19-24)36(3)4/h7-10,13,16-19,21,25H,5-6,11-12,14-15,20H2,1-4H3/t21-,25-. The number of anilines is 1. The summed E-state index contributed by atoms with van der Waals surface area (Å²) in [4.78, 5) is 27.8. The van der Waals surface area contributed by atoms with Crippen molar-refractivity contribution in [3.05, 3.63) is 70.3 Å². The van der Waals surface area contributed by atoms with Gasteiger partial charge in [0.1, 0.15) is 10.6 Å². The lowest BCUT2D eigenvalue weighted by Crippen LogP contribution is -2.41. The Labute approximate surface area is 246 Å². The van der Waals surface area contributed by atoms with Crippen molar-refractivity contribution in [1.82, 2.24) is 14.9 Å². The maximum absolute atomic E-state index is 14.3. The zero-order chi connectivity index (χ0) is 28.2. The minimum Gasteiger partial charge on any atom is -0.494 e. The number of thiophene rings is 1. The second kappa shape index (κ2) is 12.6. The molecule has 1 amide bonds. The van der Waals surface area contributed by atoms with Gasteiger partial charge in [-0.15, -0.1) is 11.3 Å². The summed E-state index contributed by atoms with van der Waals surface area (Å²) in [6, 6.07) is 14.3. The second-order valence-corrected chi connectivity index (χ2v) is 12.1. The molecule has 40 heavy (non-hydrogen) atoms. The molecule has 2 aromatic heterocycles. The van der Waals surface area contributed by atoms with Crippen LogP contribution in [0.15, 0.2) is 54.9 Å². The van der Waals surface area contributed by atoms with E-state index in [0.29, 0.717) is 29.0 Å². The maximum atomic E-state index is 14.3. The van der Waals surface area contributed by atoms with Crippen molar-refractivity contribution < 1.29 is 9.53 Å². The molecule has 2 aromatic carbocycles. The number of nitrogens with zero attached hydrogens (tertiary/aromatic N) is 4. The third-order valence-corrected chi connectivity index (χ3v) is 9.56. The fraction of sp³-hybridized carbons (Fsp3) is 0.406. The number of hydrogen-bond donors (Lipinski definition) is 0. The first kappa shape index (κ1) is 28.4. The van der Waals surface area contributed by atoms with Crippen LogP contribution in [0.4, 0.5) is 5.95 Å². The summed E-state index contributed by atoms with van der Waals surface area (Å²) < 4.78 is 7.09. The number of rotatable bonds is 9. The Balaban J connectivity index is 1.52. The van der Waals surface area contributed by atoms with Gasteiger partial charge in [0, 0.05) is 60.3 Å². The van der Waals surface area contributed by atoms with Crippen LogP contribution in [-0.2, 0) is 6.54 Å². The Morgan fingerprint density at radius 1 is 1.02 bits per heavy atom. The van der Waals surface area contributed by atoms with E-state index in [9.17, 15) is 4.79 Å². The fourth-order valence-electron chi connectivity index (χ4n) is 5.58. The molecule has 0 saturated heterocycles. The van der Waals surface area contributed by atoms with Gasteiger partial charge in [-0.25, -0.2) is 9.97 Å². The highest BCUT2D eigenvalue weighted by molar-refractivity contribution is 7.21. The van der Waals surface area contributed by atoms with Crippen LogP contribution in [-0.4, -0.2) is 47.5 Å². The molecule has 210 valence electrons. The minimum absolute atomic E-state index is 0.00216. The van der Waals surface area contributed by atoms with Crippen LogP contribution in [0, 0.1) is 5.92 Å². The topological polar surface area (TPSA) is 58.6 Å². The van der Waals surface area contributed by atoms with E-state index in [1.54, 1.807) is 0 Å². The van der Waals surface area contributed by atoms with Crippen molar-refractivity contribution in [2.75, 3.05) is 25.6 Å². The molecule has 1 saturated carbocycles. The van der Waals surface area contributed by atoms with Crippen LogP contribution in [0.3, 0.4) is 0 Å². The van der Waals surface area contributed by atoms with Crippen molar-refractivity contribution >= 4 is 44.9 Å². The molecule has 1 aliphatic rings. The van der Waals surface area contributed by atoms with E-state index in [-0.39, 0.29) is 11.9 Å². The van der Waals surface area contributed by atoms with Crippen molar-refractivity contribution in [3.63, 3.8) is 0 Å². The molecule has 0 radical (unpaired) electrons. The fourth-order valence-corrected chi connectivity index (χ4v) is 7.05. The van der Waals surface area contributed by atoms with E-state index >= 15 is 0 Å². The molecule has 6 nitrogen and oxygen atoms in total. The lowest BCUT2D eigenvalue weighted by molar-refractivity contribution is 0.0590. The predicted octanol–water partition coefficient (Wildman–Crippen LogP) is 8.09. The Hall–Kier alpha value is -3.16. The summed E-state index contributed by atoms with van der Waals surface area (Å²) in [5.74, 6) is 2.18. The molecule has 4 aromatic rings. The molecular weight excluding hydrogens is 540 g/mol. The SMILES string of the molecule is CCOc1ccc(-c2cnc(N(C)C)nc2)cc1CN(C(=O)c1sc2ccccc2c1Cl)[C@H]1CC[C@H](CC)CC1. The van der Waals surface area contributed by atoms with Crippen molar-refractivity contribution in [2.45, 2.75) is 58.5 Å². The molecular formula is C32H37ClN4O2S. The Morgan fingerprint density at radius 3 is 2.40 bits per heavy atom. The van der Waals surface area contributed by atoms with E-state index in [2.05, 4.69) is 27.9 Å². The first-order valence-corrected chi connectivity index (χ1v) is 15.3. The number of hydrogen-bond acceptors (Lipinski definition) is 6. The Kier molecular flexibility index (Phi) is 8.91. The molecule has 8 heteroatoms. The summed E-state index contributed by atoms with van der Waals surface area (Å²) >= 11 is 8.31. The highest BCUT2D eigenvalue weighted by Gasteiger charge is 2.32. The lowest BCUT2D eigenvalue weighted by atomic mass is 9.83. The summed E-state index contributed by atoms with van der Waals surface area (Å²) in [7, 11) is 3.85. The number of aromatic nitrogens is 2. The van der Waals surface area contributed by atoms with Crippen molar-refractivity contribution in [1.29, 1.82) is 0 Å². The average molecular weight is 577 g/mol. The first-order chi connectivity index (χ1) is 19.4. The van der Waals surface area contributed by atoms with Crippen molar-refractivity contribution in [2.24, 2.45) is 5.92 Å². The van der Waals surface area contributed by atoms with Crippen LogP contribution in [0.1, 0.15) is 61.2 Å². The minimum atomic E-state index is -0.00216. The number of halogens is 1.